The van der Waals surface area contributed by atoms with Gasteiger partial charge in [-0.25, -0.2) is 0 Å². The zero-order chi connectivity index (χ0) is 11.3. The highest BCUT2D eigenvalue weighted by atomic mass is 16.4. The zero-order valence-electron chi connectivity index (χ0n) is 9.70. The van der Waals surface area contributed by atoms with E-state index in [0.717, 1.165) is 39.0 Å². The molecule has 0 aromatic heterocycles. The van der Waals surface area contributed by atoms with Gasteiger partial charge < -0.3 is 10.4 Å². The van der Waals surface area contributed by atoms with Crippen molar-refractivity contribution in [2.24, 2.45) is 5.92 Å². The third-order valence-electron chi connectivity index (χ3n) is 3.29. The summed E-state index contributed by atoms with van der Waals surface area (Å²) in [7, 11) is 0. The van der Waals surface area contributed by atoms with E-state index in [2.05, 4.69) is 24.1 Å². The lowest BCUT2D eigenvalue weighted by Gasteiger charge is -2.36. The van der Waals surface area contributed by atoms with Crippen LogP contribution >= 0.6 is 0 Å². The van der Waals surface area contributed by atoms with Crippen molar-refractivity contribution in [3.63, 3.8) is 0 Å². The van der Waals surface area contributed by atoms with E-state index in [1.165, 1.54) is 0 Å². The summed E-state index contributed by atoms with van der Waals surface area (Å²) in [6, 6.07) is -0.290. The average Bonchev–Trinajstić information content (AvgIpc) is 2.26. The van der Waals surface area contributed by atoms with Crippen molar-refractivity contribution in [1.29, 1.82) is 0 Å². The quantitative estimate of drug-likeness (QED) is 0.710. The summed E-state index contributed by atoms with van der Waals surface area (Å²) < 4.78 is 0. The number of carboxylic acids is 1. The number of nitrogens with one attached hydrogen (secondary N) is 1. The molecule has 1 aliphatic heterocycles. The van der Waals surface area contributed by atoms with Gasteiger partial charge in [-0.15, -0.1) is 0 Å². The number of hydrogen-bond acceptors (Lipinski definition) is 3. The Morgan fingerprint density at radius 1 is 1.33 bits per heavy atom. The zero-order valence-corrected chi connectivity index (χ0v) is 9.70. The third-order valence-corrected chi connectivity index (χ3v) is 3.29. The van der Waals surface area contributed by atoms with Gasteiger partial charge in [-0.05, 0) is 5.92 Å². The van der Waals surface area contributed by atoms with E-state index >= 15 is 0 Å². The highest BCUT2D eigenvalue weighted by molar-refractivity contribution is 5.73. The lowest BCUT2D eigenvalue weighted by atomic mass is 9.92. The van der Waals surface area contributed by atoms with Crippen LogP contribution in [0.25, 0.3) is 0 Å². The summed E-state index contributed by atoms with van der Waals surface area (Å²) in [5.41, 5.74) is 0. The Balaban J connectivity index is 2.66. The van der Waals surface area contributed by atoms with Gasteiger partial charge in [0.15, 0.2) is 0 Å². The second-order valence-electron chi connectivity index (χ2n) is 4.15. The first-order valence-electron chi connectivity index (χ1n) is 5.88. The van der Waals surface area contributed by atoms with Crippen molar-refractivity contribution < 1.29 is 9.90 Å². The number of rotatable bonds is 5. The minimum absolute atomic E-state index is 0.278. The maximum absolute atomic E-state index is 11.3. The SMILES string of the molecule is CCC(CC)C(C(=O)O)N1CCNCC1. The number of hydrogen-bond donors (Lipinski definition) is 2. The lowest BCUT2D eigenvalue weighted by Crippen LogP contribution is -2.53. The molecule has 4 heteroatoms. The first-order chi connectivity index (χ1) is 7.20. The van der Waals surface area contributed by atoms with Crippen molar-refractivity contribution in [2.45, 2.75) is 32.7 Å². The fraction of sp³-hybridized carbons (Fsp3) is 0.909. The van der Waals surface area contributed by atoms with Gasteiger partial charge in [0.25, 0.3) is 0 Å². The smallest absolute Gasteiger partial charge is 0.321 e. The highest BCUT2D eigenvalue weighted by Crippen LogP contribution is 2.19. The molecule has 0 aromatic carbocycles. The highest BCUT2D eigenvalue weighted by Gasteiger charge is 2.32. The van der Waals surface area contributed by atoms with Gasteiger partial charge >= 0.3 is 5.97 Å². The molecule has 2 N–H and O–H groups in total. The average molecular weight is 214 g/mol. The Morgan fingerprint density at radius 2 is 1.87 bits per heavy atom. The van der Waals surface area contributed by atoms with E-state index in [4.69, 9.17) is 0 Å². The summed E-state index contributed by atoms with van der Waals surface area (Å²) >= 11 is 0. The van der Waals surface area contributed by atoms with Crippen molar-refractivity contribution in [3.8, 4) is 0 Å². The number of carboxylic acid groups (broad SMARTS) is 1. The largest absolute Gasteiger partial charge is 0.480 e. The Labute approximate surface area is 91.6 Å². The van der Waals surface area contributed by atoms with Crippen molar-refractivity contribution in [3.05, 3.63) is 0 Å². The lowest BCUT2D eigenvalue weighted by molar-refractivity contribution is -0.146. The molecule has 0 radical (unpaired) electrons. The van der Waals surface area contributed by atoms with E-state index < -0.39 is 5.97 Å². The minimum Gasteiger partial charge on any atom is -0.480 e. The summed E-state index contributed by atoms with van der Waals surface area (Å²) in [6.07, 6.45) is 1.88. The van der Waals surface area contributed by atoms with Crippen LogP contribution in [0.15, 0.2) is 0 Å². The molecule has 0 saturated carbocycles. The Kier molecular flexibility index (Phi) is 5.05. The molecule has 1 unspecified atom stereocenters. The Hall–Kier alpha value is -0.610. The number of aliphatic carboxylic acids is 1. The standard InChI is InChI=1S/C11H22N2O2/c1-3-9(4-2)10(11(14)15)13-7-5-12-6-8-13/h9-10,12H,3-8H2,1-2H3,(H,14,15). The molecule has 0 aromatic rings. The molecule has 1 atom stereocenters. The fourth-order valence-corrected chi connectivity index (χ4v) is 2.35. The maximum atomic E-state index is 11.3. The summed E-state index contributed by atoms with van der Waals surface area (Å²) in [6.45, 7) is 7.67. The second kappa shape index (κ2) is 6.08. The third kappa shape index (κ3) is 3.18. The number of piperazine rings is 1. The van der Waals surface area contributed by atoms with Gasteiger partial charge in [0.2, 0.25) is 0 Å². The molecular formula is C11H22N2O2. The van der Waals surface area contributed by atoms with Gasteiger partial charge in [-0.2, -0.15) is 0 Å². The van der Waals surface area contributed by atoms with Crippen LogP contribution in [-0.2, 0) is 4.79 Å². The normalized spacial score (nSPS) is 20.5. The van der Waals surface area contributed by atoms with Crippen molar-refractivity contribution >= 4 is 5.97 Å². The molecule has 1 saturated heterocycles. The molecule has 4 nitrogen and oxygen atoms in total. The minimum atomic E-state index is -0.661. The van der Waals surface area contributed by atoms with Crippen molar-refractivity contribution in [2.75, 3.05) is 26.2 Å². The molecule has 88 valence electrons. The summed E-state index contributed by atoms with van der Waals surface area (Å²) in [5.74, 6) is -0.383. The van der Waals surface area contributed by atoms with Gasteiger partial charge in [0, 0.05) is 26.2 Å². The summed E-state index contributed by atoms with van der Waals surface area (Å²) in [5, 5.41) is 12.5. The van der Waals surface area contributed by atoms with Gasteiger partial charge in [-0.3, -0.25) is 9.69 Å². The van der Waals surface area contributed by atoms with Gasteiger partial charge in [0.1, 0.15) is 6.04 Å². The van der Waals surface area contributed by atoms with Crippen LogP contribution in [0.3, 0.4) is 0 Å². The van der Waals surface area contributed by atoms with E-state index in [1.54, 1.807) is 0 Å². The predicted octanol–water partition coefficient (Wildman–Crippen LogP) is 0.781. The van der Waals surface area contributed by atoms with E-state index in [-0.39, 0.29) is 12.0 Å². The van der Waals surface area contributed by atoms with Crippen LogP contribution in [0.4, 0.5) is 0 Å². The van der Waals surface area contributed by atoms with Crippen LogP contribution in [-0.4, -0.2) is 48.2 Å². The molecule has 1 fully saturated rings. The van der Waals surface area contributed by atoms with E-state index in [1.807, 2.05) is 0 Å². The molecule has 1 aliphatic rings. The van der Waals surface area contributed by atoms with E-state index in [9.17, 15) is 9.90 Å². The van der Waals surface area contributed by atoms with Crippen LogP contribution < -0.4 is 5.32 Å². The molecule has 1 heterocycles. The van der Waals surface area contributed by atoms with Gasteiger partial charge in [0.05, 0.1) is 0 Å². The molecule has 0 amide bonds. The van der Waals surface area contributed by atoms with Crippen LogP contribution in [0, 0.1) is 5.92 Å². The van der Waals surface area contributed by atoms with Crippen molar-refractivity contribution in [1.82, 2.24) is 10.2 Å². The molecule has 0 bridgehead atoms. The Bertz CT molecular complexity index is 199. The van der Waals surface area contributed by atoms with Crippen LogP contribution in [0.1, 0.15) is 26.7 Å². The molecule has 0 spiro atoms. The van der Waals surface area contributed by atoms with Crippen LogP contribution in [0.5, 0.6) is 0 Å². The fourth-order valence-electron chi connectivity index (χ4n) is 2.35. The molecule has 15 heavy (non-hydrogen) atoms. The predicted molar refractivity (Wildman–Crippen MR) is 59.9 cm³/mol. The summed E-state index contributed by atoms with van der Waals surface area (Å²) in [4.78, 5) is 13.4. The van der Waals surface area contributed by atoms with Gasteiger partial charge in [-0.1, -0.05) is 26.7 Å². The maximum Gasteiger partial charge on any atom is 0.321 e. The molecule has 0 aliphatic carbocycles. The topological polar surface area (TPSA) is 52.6 Å². The van der Waals surface area contributed by atoms with Crippen LogP contribution in [0.2, 0.25) is 0 Å². The first kappa shape index (κ1) is 12.5. The molecule has 1 rings (SSSR count). The van der Waals surface area contributed by atoms with E-state index in [0.29, 0.717) is 0 Å². The Morgan fingerprint density at radius 3 is 2.27 bits per heavy atom. The number of nitrogens with zero attached hydrogens (tertiary/aromatic N) is 1. The first-order valence-corrected chi connectivity index (χ1v) is 5.88. The second-order valence-corrected chi connectivity index (χ2v) is 4.15. The molecular weight excluding hydrogens is 192 g/mol. The number of carbonyl (C=O) groups is 1. The monoisotopic (exact) mass is 214 g/mol.